The molecule has 0 atom stereocenters. The summed E-state index contributed by atoms with van der Waals surface area (Å²) < 4.78 is 5.45. The van der Waals surface area contributed by atoms with E-state index in [0.717, 1.165) is 34.6 Å². The highest BCUT2D eigenvalue weighted by Gasteiger charge is 2.27. The number of carbonyl (C=O) groups is 2. The lowest BCUT2D eigenvalue weighted by molar-refractivity contribution is 0.0793. The van der Waals surface area contributed by atoms with Gasteiger partial charge in [0.1, 0.15) is 11.5 Å². The summed E-state index contributed by atoms with van der Waals surface area (Å²) in [5.74, 6) is 0.678. The summed E-state index contributed by atoms with van der Waals surface area (Å²) in [5.41, 5.74) is 5.48. The molecule has 4 aromatic rings. The summed E-state index contributed by atoms with van der Waals surface area (Å²) in [6.45, 7) is 0.575. The van der Waals surface area contributed by atoms with Gasteiger partial charge in [0.05, 0.1) is 0 Å². The first-order chi connectivity index (χ1) is 15.6. The molecule has 0 fully saturated rings. The number of aromatic nitrogens is 1. The van der Waals surface area contributed by atoms with Crippen LogP contribution in [0.5, 0.6) is 0 Å². The van der Waals surface area contributed by atoms with Crippen LogP contribution in [0.4, 0.5) is 0 Å². The summed E-state index contributed by atoms with van der Waals surface area (Å²) in [6.07, 6.45) is 1.44. The second-order valence-electron chi connectivity index (χ2n) is 8.01. The second-order valence-corrected chi connectivity index (χ2v) is 8.01. The van der Waals surface area contributed by atoms with E-state index >= 15 is 0 Å². The van der Waals surface area contributed by atoms with Gasteiger partial charge in [0.25, 0.3) is 5.91 Å². The van der Waals surface area contributed by atoms with Gasteiger partial charge in [-0.3, -0.25) is 9.59 Å². The van der Waals surface area contributed by atoms with Crippen molar-refractivity contribution in [3.8, 4) is 22.4 Å². The SMILES string of the molecule is CN(CCCc1cc(-c2ccccc2)no1)C(=O)c1ccc2c(c1)C(=O)c1ccccc1-2. The van der Waals surface area contributed by atoms with E-state index < -0.39 is 0 Å². The van der Waals surface area contributed by atoms with Gasteiger partial charge in [-0.1, -0.05) is 65.8 Å². The second kappa shape index (κ2) is 8.27. The third-order valence-electron chi connectivity index (χ3n) is 5.86. The van der Waals surface area contributed by atoms with E-state index in [9.17, 15) is 9.59 Å². The standard InChI is InChI=1S/C27H22N2O3/c1-29(15-7-10-20-17-25(28-32-20)18-8-3-2-4-9-18)27(31)19-13-14-22-21-11-5-6-12-23(21)26(30)24(22)16-19/h2-6,8-9,11-14,16-17H,7,10,15H2,1H3. The summed E-state index contributed by atoms with van der Waals surface area (Å²) >= 11 is 0. The van der Waals surface area contributed by atoms with Gasteiger partial charge in [-0.25, -0.2) is 0 Å². The normalized spacial score (nSPS) is 11.8. The monoisotopic (exact) mass is 422 g/mol. The van der Waals surface area contributed by atoms with Crippen LogP contribution in [0.25, 0.3) is 22.4 Å². The largest absolute Gasteiger partial charge is 0.361 e. The van der Waals surface area contributed by atoms with Crippen molar-refractivity contribution in [3.05, 3.63) is 101 Å². The average Bonchev–Trinajstić information content (AvgIpc) is 3.42. The Morgan fingerprint density at radius 2 is 1.59 bits per heavy atom. The molecule has 158 valence electrons. The number of ketones is 1. The third kappa shape index (κ3) is 3.62. The lowest BCUT2D eigenvalue weighted by atomic mass is 10.0. The van der Waals surface area contributed by atoms with E-state index in [1.807, 2.05) is 66.7 Å². The number of carbonyl (C=O) groups excluding carboxylic acids is 2. The highest BCUT2D eigenvalue weighted by atomic mass is 16.5. The van der Waals surface area contributed by atoms with Crippen molar-refractivity contribution < 1.29 is 14.1 Å². The Labute approximate surface area is 186 Å². The lowest BCUT2D eigenvalue weighted by Gasteiger charge is -2.17. The Morgan fingerprint density at radius 1 is 0.875 bits per heavy atom. The average molecular weight is 422 g/mol. The summed E-state index contributed by atoms with van der Waals surface area (Å²) in [7, 11) is 1.78. The molecule has 1 aromatic heterocycles. The van der Waals surface area contributed by atoms with Crippen LogP contribution in [0.2, 0.25) is 0 Å². The Hall–Kier alpha value is -3.99. The molecule has 1 aliphatic carbocycles. The minimum atomic E-state index is -0.0981. The van der Waals surface area contributed by atoms with Crippen LogP contribution in [0, 0.1) is 0 Å². The van der Waals surface area contributed by atoms with Crippen LogP contribution < -0.4 is 0 Å². The van der Waals surface area contributed by atoms with E-state index in [0.29, 0.717) is 29.7 Å². The van der Waals surface area contributed by atoms with Crippen molar-refractivity contribution in [3.63, 3.8) is 0 Å². The number of fused-ring (bicyclic) bond motifs is 3. The Bertz CT molecular complexity index is 1310. The molecule has 0 unspecified atom stereocenters. The highest BCUT2D eigenvalue weighted by molar-refractivity contribution is 6.22. The highest BCUT2D eigenvalue weighted by Crippen LogP contribution is 2.36. The molecule has 32 heavy (non-hydrogen) atoms. The molecule has 1 amide bonds. The number of amides is 1. The number of benzene rings is 3. The van der Waals surface area contributed by atoms with E-state index in [2.05, 4.69) is 5.16 Å². The quantitative estimate of drug-likeness (QED) is 0.375. The topological polar surface area (TPSA) is 63.4 Å². The number of hydrogen-bond acceptors (Lipinski definition) is 4. The number of hydrogen-bond donors (Lipinski definition) is 0. The van der Waals surface area contributed by atoms with E-state index in [-0.39, 0.29) is 11.7 Å². The first-order valence-electron chi connectivity index (χ1n) is 10.7. The maximum atomic E-state index is 12.9. The first kappa shape index (κ1) is 19.9. The van der Waals surface area contributed by atoms with Crippen LogP contribution in [-0.4, -0.2) is 35.3 Å². The molecule has 1 heterocycles. The lowest BCUT2D eigenvalue weighted by Crippen LogP contribution is -2.28. The van der Waals surface area contributed by atoms with Gasteiger partial charge in [0.2, 0.25) is 0 Å². The van der Waals surface area contributed by atoms with Crippen molar-refractivity contribution in [1.29, 1.82) is 0 Å². The number of rotatable bonds is 6. The minimum absolute atomic E-state index is 0.0209. The molecule has 0 bridgehead atoms. The molecule has 5 rings (SSSR count). The maximum absolute atomic E-state index is 12.9. The van der Waals surface area contributed by atoms with Gasteiger partial charge in [-0.05, 0) is 29.7 Å². The van der Waals surface area contributed by atoms with Crippen LogP contribution in [-0.2, 0) is 6.42 Å². The molecular weight excluding hydrogens is 400 g/mol. The molecule has 5 heteroatoms. The van der Waals surface area contributed by atoms with Gasteiger partial charge < -0.3 is 9.42 Å². The molecule has 0 radical (unpaired) electrons. The smallest absolute Gasteiger partial charge is 0.253 e. The maximum Gasteiger partial charge on any atom is 0.253 e. The van der Waals surface area contributed by atoms with E-state index in [4.69, 9.17) is 4.52 Å². The van der Waals surface area contributed by atoms with Crippen LogP contribution in [0.15, 0.2) is 83.4 Å². The molecule has 0 saturated heterocycles. The molecule has 1 aliphatic rings. The molecule has 0 aliphatic heterocycles. The van der Waals surface area contributed by atoms with Crippen LogP contribution in [0.1, 0.15) is 38.5 Å². The fourth-order valence-corrected chi connectivity index (χ4v) is 4.15. The molecule has 5 nitrogen and oxygen atoms in total. The van der Waals surface area contributed by atoms with Crippen LogP contribution in [0.3, 0.4) is 0 Å². The van der Waals surface area contributed by atoms with Gasteiger partial charge in [-0.15, -0.1) is 0 Å². The van der Waals surface area contributed by atoms with Crippen molar-refractivity contribution in [2.45, 2.75) is 12.8 Å². The fraction of sp³-hybridized carbons (Fsp3) is 0.148. The molecule has 0 spiro atoms. The van der Waals surface area contributed by atoms with Crippen molar-refractivity contribution in [2.24, 2.45) is 0 Å². The predicted octanol–water partition coefficient (Wildman–Crippen LogP) is 5.26. The minimum Gasteiger partial charge on any atom is -0.361 e. The summed E-state index contributed by atoms with van der Waals surface area (Å²) in [4.78, 5) is 27.3. The van der Waals surface area contributed by atoms with E-state index in [1.54, 1.807) is 24.1 Å². The molecular formula is C27H22N2O3. The predicted molar refractivity (Wildman–Crippen MR) is 123 cm³/mol. The van der Waals surface area contributed by atoms with Crippen molar-refractivity contribution >= 4 is 11.7 Å². The summed E-state index contributed by atoms with van der Waals surface area (Å²) in [6, 6.07) is 24.8. The Morgan fingerprint density at radius 3 is 2.41 bits per heavy atom. The molecule has 3 aromatic carbocycles. The first-order valence-corrected chi connectivity index (χ1v) is 10.7. The van der Waals surface area contributed by atoms with E-state index in [1.165, 1.54) is 0 Å². The zero-order chi connectivity index (χ0) is 22.1. The zero-order valence-corrected chi connectivity index (χ0v) is 17.7. The summed E-state index contributed by atoms with van der Waals surface area (Å²) in [5, 5.41) is 4.14. The Kier molecular flexibility index (Phi) is 5.15. The van der Waals surface area contributed by atoms with Gasteiger partial charge in [0.15, 0.2) is 5.78 Å². The Balaban J connectivity index is 1.22. The van der Waals surface area contributed by atoms with Crippen molar-refractivity contribution in [1.82, 2.24) is 10.1 Å². The molecule has 0 N–H and O–H groups in total. The number of nitrogens with zero attached hydrogens (tertiary/aromatic N) is 2. The fourth-order valence-electron chi connectivity index (χ4n) is 4.15. The zero-order valence-electron chi connectivity index (χ0n) is 17.7. The number of aryl methyl sites for hydroxylation is 1. The van der Waals surface area contributed by atoms with Crippen LogP contribution >= 0.6 is 0 Å². The molecule has 0 saturated carbocycles. The van der Waals surface area contributed by atoms with Gasteiger partial charge in [0, 0.05) is 48.3 Å². The van der Waals surface area contributed by atoms with Gasteiger partial charge >= 0.3 is 0 Å². The third-order valence-corrected chi connectivity index (χ3v) is 5.86. The van der Waals surface area contributed by atoms with Gasteiger partial charge in [-0.2, -0.15) is 0 Å². The van der Waals surface area contributed by atoms with Crippen molar-refractivity contribution in [2.75, 3.05) is 13.6 Å².